The molecule has 0 fully saturated rings. The van der Waals surface area contributed by atoms with E-state index < -0.39 is 0 Å². The fourth-order valence-electron chi connectivity index (χ4n) is 1.03. The van der Waals surface area contributed by atoms with E-state index in [1.54, 1.807) is 13.8 Å². The Morgan fingerprint density at radius 1 is 0.632 bits per heavy atom. The molecule has 2 aromatic rings. The number of aryl methyl sites for hydroxylation is 5. The summed E-state index contributed by atoms with van der Waals surface area (Å²) in [6, 6.07) is 0. The second-order valence-corrected chi connectivity index (χ2v) is 3.21. The van der Waals surface area contributed by atoms with Crippen molar-refractivity contribution in [1.29, 1.82) is 0 Å². The van der Waals surface area contributed by atoms with Crippen LogP contribution >= 0.6 is 0 Å². The molecule has 0 aliphatic heterocycles. The van der Waals surface area contributed by atoms with Crippen molar-refractivity contribution in [2.24, 2.45) is 0 Å². The molecule has 2 rings (SSSR count). The van der Waals surface area contributed by atoms with Gasteiger partial charge in [0.2, 0.25) is 11.8 Å². The summed E-state index contributed by atoms with van der Waals surface area (Å²) in [6.45, 7) is 17.2. The SMILES string of the molecule is CC.CC.Cc1nc(C)c(C)o1.Cc1nnc(C)o1. The van der Waals surface area contributed by atoms with Crippen LogP contribution in [0, 0.1) is 34.6 Å². The van der Waals surface area contributed by atoms with Gasteiger partial charge in [-0.2, -0.15) is 0 Å². The Morgan fingerprint density at radius 2 is 1.05 bits per heavy atom. The fraction of sp³-hybridized carbons (Fsp3) is 0.643. The van der Waals surface area contributed by atoms with Gasteiger partial charge < -0.3 is 8.83 Å². The van der Waals surface area contributed by atoms with Gasteiger partial charge in [0.25, 0.3) is 0 Å². The predicted octanol–water partition coefficient (Wildman–Crippen LogP) is 4.34. The van der Waals surface area contributed by atoms with Gasteiger partial charge in [0.05, 0.1) is 5.69 Å². The molecule has 0 saturated carbocycles. The lowest BCUT2D eigenvalue weighted by molar-refractivity contribution is 0.489. The molecule has 0 amide bonds. The van der Waals surface area contributed by atoms with E-state index in [0.717, 1.165) is 17.3 Å². The summed E-state index contributed by atoms with van der Waals surface area (Å²) in [5.41, 5.74) is 0.988. The molecule has 19 heavy (non-hydrogen) atoms. The lowest BCUT2D eigenvalue weighted by Crippen LogP contribution is -1.71. The Kier molecular flexibility index (Phi) is 11.9. The number of hydrogen-bond donors (Lipinski definition) is 0. The van der Waals surface area contributed by atoms with Crippen molar-refractivity contribution >= 4 is 0 Å². The summed E-state index contributed by atoms with van der Waals surface area (Å²) in [6.07, 6.45) is 0. The van der Waals surface area contributed by atoms with Crippen LogP contribution in [0.15, 0.2) is 8.83 Å². The number of aromatic nitrogens is 3. The summed E-state index contributed by atoms with van der Waals surface area (Å²) in [5, 5.41) is 7.20. The molecule has 5 heteroatoms. The molecule has 0 saturated heterocycles. The Labute approximate surface area is 116 Å². The van der Waals surface area contributed by atoms with E-state index in [4.69, 9.17) is 8.83 Å². The highest BCUT2D eigenvalue weighted by atomic mass is 16.4. The Morgan fingerprint density at radius 3 is 1.16 bits per heavy atom. The molecule has 0 radical (unpaired) electrons. The first-order valence-electron chi connectivity index (χ1n) is 6.66. The van der Waals surface area contributed by atoms with Gasteiger partial charge in [-0.3, -0.25) is 0 Å². The topological polar surface area (TPSA) is 65.0 Å². The van der Waals surface area contributed by atoms with Gasteiger partial charge in [0.15, 0.2) is 5.89 Å². The highest BCUT2D eigenvalue weighted by Crippen LogP contribution is 2.05. The summed E-state index contributed by atoms with van der Waals surface area (Å²) < 4.78 is 9.96. The zero-order chi connectivity index (χ0) is 15.4. The minimum Gasteiger partial charge on any atom is -0.446 e. The van der Waals surface area contributed by atoms with Gasteiger partial charge in [-0.1, -0.05) is 27.7 Å². The molecule has 0 aliphatic carbocycles. The third-order valence-corrected chi connectivity index (χ3v) is 1.76. The van der Waals surface area contributed by atoms with E-state index in [0.29, 0.717) is 11.8 Å². The highest BCUT2D eigenvalue weighted by Gasteiger charge is 1.97. The second kappa shape index (κ2) is 11.4. The fourth-order valence-corrected chi connectivity index (χ4v) is 1.03. The Hall–Kier alpha value is -1.65. The van der Waals surface area contributed by atoms with Crippen molar-refractivity contribution in [2.75, 3.05) is 0 Å². The van der Waals surface area contributed by atoms with Crippen LogP contribution in [-0.4, -0.2) is 15.2 Å². The van der Waals surface area contributed by atoms with Crippen LogP contribution < -0.4 is 0 Å². The van der Waals surface area contributed by atoms with Crippen molar-refractivity contribution in [3.05, 3.63) is 29.1 Å². The zero-order valence-electron chi connectivity index (χ0n) is 13.7. The maximum atomic E-state index is 5.10. The normalized spacial score (nSPS) is 8.26. The number of hydrogen-bond acceptors (Lipinski definition) is 5. The van der Waals surface area contributed by atoms with Crippen LogP contribution in [-0.2, 0) is 0 Å². The van der Waals surface area contributed by atoms with Crippen LogP contribution in [0.4, 0.5) is 0 Å². The lowest BCUT2D eigenvalue weighted by atomic mass is 10.4. The first-order chi connectivity index (χ1) is 8.99. The lowest BCUT2D eigenvalue weighted by Gasteiger charge is -1.77. The Balaban J connectivity index is 0. The van der Waals surface area contributed by atoms with Gasteiger partial charge in [-0.05, 0) is 13.8 Å². The molecule has 0 unspecified atom stereocenters. The van der Waals surface area contributed by atoms with E-state index in [1.807, 2.05) is 48.5 Å². The molecule has 0 spiro atoms. The van der Waals surface area contributed by atoms with E-state index in [1.165, 1.54) is 0 Å². The van der Waals surface area contributed by atoms with Crippen LogP contribution in [0.2, 0.25) is 0 Å². The van der Waals surface area contributed by atoms with E-state index in [-0.39, 0.29) is 0 Å². The highest BCUT2D eigenvalue weighted by molar-refractivity contribution is 5.03. The van der Waals surface area contributed by atoms with Crippen molar-refractivity contribution in [3.8, 4) is 0 Å². The number of rotatable bonds is 0. The molecule has 0 bridgehead atoms. The maximum Gasteiger partial charge on any atom is 0.213 e. The van der Waals surface area contributed by atoms with Crippen molar-refractivity contribution < 1.29 is 8.83 Å². The maximum absolute atomic E-state index is 5.10. The smallest absolute Gasteiger partial charge is 0.213 e. The van der Waals surface area contributed by atoms with E-state index in [2.05, 4.69) is 15.2 Å². The first-order valence-corrected chi connectivity index (χ1v) is 6.66. The standard InChI is InChI=1S/C6H9NO.C4H6N2O.2C2H6/c1-4-5(2)8-6(3)7-4;1-3-5-6-4(2)7-3;2*1-2/h1-3H3;1-2H3;2*1-2H3. The minimum atomic E-state index is 0.623. The number of oxazole rings is 1. The molecule has 2 heterocycles. The largest absolute Gasteiger partial charge is 0.446 e. The molecule has 0 aromatic carbocycles. The summed E-state index contributed by atoms with van der Waals surface area (Å²) in [5.74, 6) is 2.91. The number of nitrogens with zero attached hydrogens (tertiary/aromatic N) is 3. The van der Waals surface area contributed by atoms with Gasteiger partial charge in [-0.25, -0.2) is 4.98 Å². The average molecular weight is 269 g/mol. The summed E-state index contributed by atoms with van der Waals surface area (Å²) in [4.78, 5) is 4.04. The van der Waals surface area contributed by atoms with Crippen LogP contribution in [0.5, 0.6) is 0 Å². The Bertz CT molecular complexity index is 398. The summed E-state index contributed by atoms with van der Waals surface area (Å²) in [7, 11) is 0. The quantitative estimate of drug-likeness (QED) is 0.711. The van der Waals surface area contributed by atoms with E-state index in [9.17, 15) is 0 Å². The minimum absolute atomic E-state index is 0.623. The van der Waals surface area contributed by atoms with Crippen molar-refractivity contribution in [2.45, 2.75) is 62.3 Å². The van der Waals surface area contributed by atoms with Gasteiger partial charge >= 0.3 is 0 Å². The van der Waals surface area contributed by atoms with E-state index >= 15 is 0 Å². The predicted molar refractivity (Wildman–Crippen MR) is 77.2 cm³/mol. The van der Waals surface area contributed by atoms with Crippen molar-refractivity contribution in [1.82, 2.24) is 15.2 Å². The molecule has 2 aromatic heterocycles. The van der Waals surface area contributed by atoms with Gasteiger partial charge in [0, 0.05) is 20.8 Å². The molecular formula is C14H27N3O2. The molecule has 0 atom stereocenters. The average Bonchev–Trinajstić information content (AvgIpc) is 2.91. The first kappa shape index (κ1) is 19.7. The van der Waals surface area contributed by atoms with Crippen LogP contribution in [0.3, 0.4) is 0 Å². The molecule has 110 valence electrons. The van der Waals surface area contributed by atoms with Gasteiger partial charge in [0.1, 0.15) is 5.76 Å². The summed E-state index contributed by atoms with van der Waals surface area (Å²) >= 11 is 0. The van der Waals surface area contributed by atoms with Gasteiger partial charge in [-0.15, -0.1) is 10.2 Å². The molecule has 0 N–H and O–H groups in total. The molecular weight excluding hydrogens is 242 g/mol. The third-order valence-electron chi connectivity index (χ3n) is 1.76. The van der Waals surface area contributed by atoms with Crippen LogP contribution in [0.1, 0.15) is 56.8 Å². The van der Waals surface area contributed by atoms with Crippen molar-refractivity contribution in [3.63, 3.8) is 0 Å². The third kappa shape index (κ3) is 8.99. The monoisotopic (exact) mass is 269 g/mol. The second-order valence-electron chi connectivity index (χ2n) is 3.21. The molecule has 0 aliphatic rings. The molecule has 5 nitrogen and oxygen atoms in total. The van der Waals surface area contributed by atoms with Crippen LogP contribution in [0.25, 0.3) is 0 Å². The zero-order valence-corrected chi connectivity index (χ0v) is 13.7.